The first-order valence-electron chi connectivity index (χ1n) is 9.86. The van der Waals surface area contributed by atoms with E-state index in [-0.39, 0.29) is 6.10 Å². The normalized spacial score (nSPS) is 26.4. The third-order valence-corrected chi connectivity index (χ3v) is 5.17. The molecule has 1 aromatic rings. The zero-order chi connectivity index (χ0) is 18.4. The second-order valence-electron chi connectivity index (χ2n) is 7.28. The van der Waals surface area contributed by atoms with E-state index in [9.17, 15) is 0 Å². The van der Waals surface area contributed by atoms with Crippen molar-refractivity contribution in [2.75, 3.05) is 52.4 Å². The number of piperazine rings is 3. The number of aliphatic imine (C=N–C) groups is 1. The minimum Gasteiger partial charge on any atom is -0.489 e. The third-order valence-electron chi connectivity index (χ3n) is 5.17. The van der Waals surface area contributed by atoms with Gasteiger partial charge in [-0.05, 0) is 32.4 Å². The quantitative estimate of drug-likeness (QED) is 0.568. The molecule has 3 heterocycles. The van der Waals surface area contributed by atoms with Gasteiger partial charge in [0.1, 0.15) is 11.9 Å². The van der Waals surface area contributed by atoms with E-state index in [0.29, 0.717) is 12.6 Å². The minimum atomic E-state index is 0.0344. The number of ether oxygens (including phenoxy) is 1. The highest BCUT2D eigenvalue weighted by atomic mass is 16.5. The maximum atomic E-state index is 6.03. The number of aryl methyl sites for hydroxylation is 1. The first-order chi connectivity index (χ1) is 12.7. The standard InChI is InChI=1S/C20H33N5O/c1-4-21-20(23-14-18-15-24-9-11-25(18)12-10-24)22-13-17(3)26-19-8-6-5-7-16(19)2/h5-8,17-18H,4,9-15H2,1-3H3,(H2,21,22,23). The van der Waals surface area contributed by atoms with Crippen LogP contribution in [-0.2, 0) is 0 Å². The molecule has 3 aliphatic heterocycles. The monoisotopic (exact) mass is 359 g/mol. The lowest BCUT2D eigenvalue weighted by atomic mass is 10.1. The summed E-state index contributed by atoms with van der Waals surface area (Å²) in [6.45, 7) is 14.7. The summed E-state index contributed by atoms with van der Waals surface area (Å²) < 4.78 is 6.03. The molecular weight excluding hydrogens is 326 g/mol. The molecule has 2 N–H and O–H groups in total. The molecule has 26 heavy (non-hydrogen) atoms. The van der Waals surface area contributed by atoms with Gasteiger partial charge < -0.3 is 15.4 Å². The smallest absolute Gasteiger partial charge is 0.191 e. The van der Waals surface area contributed by atoms with E-state index in [2.05, 4.69) is 47.3 Å². The van der Waals surface area contributed by atoms with Crippen molar-refractivity contribution in [1.82, 2.24) is 20.4 Å². The Morgan fingerprint density at radius 3 is 2.65 bits per heavy atom. The zero-order valence-electron chi connectivity index (χ0n) is 16.4. The van der Waals surface area contributed by atoms with Gasteiger partial charge in [0.15, 0.2) is 5.96 Å². The van der Waals surface area contributed by atoms with Gasteiger partial charge in [0.25, 0.3) is 0 Å². The first-order valence-corrected chi connectivity index (χ1v) is 9.86. The molecule has 6 heteroatoms. The van der Waals surface area contributed by atoms with E-state index in [1.807, 2.05) is 18.2 Å². The molecule has 2 atom stereocenters. The molecule has 0 aromatic heterocycles. The van der Waals surface area contributed by atoms with Crippen molar-refractivity contribution in [3.63, 3.8) is 0 Å². The Kier molecular flexibility index (Phi) is 6.74. The largest absolute Gasteiger partial charge is 0.489 e. The number of rotatable bonds is 7. The van der Waals surface area contributed by atoms with Crippen molar-refractivity contribution in [1.29, 1.82) is 0 Å². The molecule has 0 amide bonds. The van der Waals surface area contributed by atoms with Gasteiger partial charge in [-0.2, -0.15) is 0 Å². The molecule has 0 radical (unpaired) electrons. The van der Waals surface area contributed by atoms with Gasteiger partial charge in [0.2, 0.25) is 0 Å². The number of hydrogen-bond donors (Lipinski definition) is 2. The van der Waals surface area contributed by atoms with Crippen LogP contribution in [0.15, 0.2) is 29.3 Å². The van der Waals surface area contributed by atoms with E-state index < -0.39 is 0 Å². The van der Waals surface area contributed by atoms with Crippen LogP contribution in [0.2, 0.25) is 0 Å². The van der Waals surface area contributed by atoms with Crippen molar-refractivity contribution in [3.05, 3.63) is 29.8 Å². The predicted octanol–water partition coefficient (Wildman–Crippen LogP) is 1.32. The summed E-state index contributed by atoms with van der Waals surface area (Å²) in [5, 5.41) is 6.87. The van der Waals surface area contributed by atoms with Gasteiger partial charge in [0, 0.05) is 51.9 Å². The lowest BCUT2D eigenvalue weighted by molar-refractivity contribution is 0.0154. The molecule has 2 bridgehead atoms. The highest BCUT2D eigenvalue weighted by molar-refractivity contribution is 5.79. The molecule has 2 unspecified atom stereocenters. The number of nitrogens with one attached hydrogen (secondary N) is 2. The maximum Gasteiger partial charge on any atom is 0.191 e. The molecule has 6 nitrogen and oxygen atoms in total. The maximum absolute atomic E-state index is 6.03. The first kappa shape index (κ1) is 19.0. The highest BCUT2D eigenvalue weighted by Crippen LogP contribution is 2.18. The summed E-state index contributed by atoms with van der Waals surface area (Å²) in [6.07, 6.45) is 0.0344. The van der Waals surface area contributed by atoms with Gasteiger partial charge in [-0.1, -0.05) is 18.2 Å². The molecule has 0 spiro atoms. The second kappa shape index (κ2) is 9.24. The van der Waals surface area contributed by atoms with E-state index in [1.165, 1.54) is 32.7 Å². The Bertz CT molecular complexity index is 598. The van der Waals surface area contributed by atoms with Crippen molar-refractivity contribution in [2.45, 2.75) is 32.9 Å². The topological polar surface area (TPSA) is 52.1 Å². The second-order valence-corrected chi connectivity index (χ2v) is 7.28. The molecule has 3 aliphatic rings. The lowest BCUT2D eigenvalue weighted by Gasteiger charge is -2.47. The van der Waals surface area contributed by atoms with Gasteiger partial charge in [0.05, 0.1) is 6.54 Å². The summed E-state index contributed by atoms with van der Waals surface area (Å²) in [7, 11) is 0. The van der Waals surface area contributed by atoms with Gasteiger partial charge >= 0.3 is 0 Å². The molecule has 3 fully saturated rings. The minimum absolute atomic E-state index is 0.0344. The fourth-order valence-corrected chi connectivity index (χ4v) is 3.64. The van der Waals surface area contributed by atoms with Crippen LogP contribution >= 0.6 is 0 Å². The van der Waals surface area contributed by atoms with Crippen molar-refractivity contribution in [3.8, 4) is 5.75 Å². The summed E-state index contributed by atoms with van der Waals surface area (Å²) >= 11 is 0. The van der Waals surface area contributed by atoms with Crippen molar-refractivity contribution >= 4 is 5.96 Å². The molecule has 0 saturated carbocycles. The number of hydrogen-bond acceptors (Lipinski definition) is 4. The zero-order valence-corrected chi connectivity index (χ0v) is 16.4. The van der Waals surface area contributed by atoms with E-state index >= 15 is 0 Å². The molecule has 0 aliphatic carbocycles. The predicted molar refractivity (Wildman–Crippen MR) is 107 cm³/mol. The summed E-state index contributed by atoms with van der Waals surface area (Å²) in [5.74, 6) is 1.82. The van der Waals surface area contributed by atoms with Crippen LogP contribution in [0.4, 0.5) is 0 Å². The Hall–Kier alpha value is -1.79. The summed E-state index contributed by atoms with van der Waals surface area (Å²) in [6, 6.07) is 8.71. The van der Waals surface area contributed by atoms with Gasteiger partial charge in [-0.15, -0.1) is 0 Å². The number of fused-ring (bicyclic) bond motifs is 3. The Labute approximate surface area is 157 Å². The van der Waals surface area contributed by atoms with E-state index in [0.717, 1.165) is 30.4 Å². The molecular formula is C20H33N5O. The Morgan fingerprint density at radius 1 is 1.23 bits per heavy atom. The average Bonchev–Trinajstić information content (AvgIpc) is 2.67. The van der Waals surface area contributed by atoms with Gasteiger partial charge in [-0.3, -0.25) is 9.80 Å². The molecule has 3 saturated heterocycles. The number of nitrogens with zero attached hydrogens (tertiary/aromatic N) is 3. The number of para-hydroxylation sites is 1. The molecule has 4 rings (SSSR count). The van der Waals surface area contributed by atoms with Crippen molar-refractivity contribution < 1.29 is 4.74 Å². The molecule has 144 valence electrons. The van der Waals surface area contributed by atoms with E-state index in [1.54, 1.807) is 0 Å². The van der Waals surface area contributed by atoms with Crippen LogP contribution in [-0.4, -0.2) is 80.3 Å². The average molecular weight is 360 g/mol. The summed E-state index contributed by atoms with van der Waals surface area (Å²) in [5.41, 5.74) is 1.16. The molecule has 1 aromatic carbocycles. The lowest BCUT2D eigenvalue weighted by Crippen LogP contribution is -2.63. The van der Waals surface area contributed by atoms with Gasteiger partial charge in [-0.25, -0.2) is 4.99 Å². The van der Waals surface area contributed by atoms with Crippen LogP contribution in [0.5, 0.6) is 5.75 Å². The van der Waals surface area contributed by atoms with Crippen LogP contribution in [0.25, 0.3) is 0 Å². The third kappa shape index (κ3) is 5.11. The Balaban J connectivity index is 1.49. The number of benzene rings is 1. The van der Waals surface area contributed by atoms with Crippen LogP contribution in [0, 0.1) is 6.92 Å². The SMILES string of the molecule is CCNC(=NCC(C)Oc1ccccc1C)NCC1CN2CCN1CC2. The fourth-order valence-electron chi connectivity index (χ4n) is 3.64. The highest BCUT2D eigenvalue weighted by Gasteiger charge is 2.31. The van der Waals surface area contributed by atoms with Crippen LogP contribution < -0.4 is 15.4 Å². The van der Waals surface area contributed by atoms with E-state index in [4.69, 9.17) is 9.73 Å². The fraction of sp³-hybridized carbons (Fsp3) is 0.650. The van der Waals surface area contributed by atoms with Crippen molar-refractivity contribution in [2.24, 2.45) is 4.99 Å². The van der Waals surface area contributed by atoms with Crippen LogP contribution in [0.1, 0.15) is 19.4 Å². The van der Waals surface area contributed by atoms with Crippen LogP contribution in [0.3, 0.4) is 0 Å². The number of guanidine groups is 1. The summed E-state index contributed by atoms with van der Waals surface area (Å²) in [4.78, 5) is 9.88. The Morgan fingerprint density at radius 2 is 2.00 bits per heavy atom.